The van der Waals surface area contributed by atoms with Crippen molar-refractivity contribution in [3.8, 4) is 5.75 Å². The average molecular weight is 424 g/mol. The summed E-state index contributed by atoms with van der Waals surface area (Å²) in [5.41, 5.74) is 0.922. The number of fused-ring (bicyclic) bond motifs is 1. The van der Waals surface area contributed by atoms with Crippen molar-refractivity contribution in [1.82, 2.24) is 9.80 Å². The van der Waals surface area contributed by atoms with Crippen molar-refractivity contribution in [2.45, 2.75) is 38.1 Å². The van der Waals surface area contributed by atoms with E-state index in [1.54, 1.807) is 9.80 Å². The van der Waals surface area contributed by atoms with Crippen LogP contribution in [0.15, 0.2) is 60.7 Å². The van der Waals surface area contributed by atoms with Crippen LogP contribution in [0.25, 0.3) is 0 Å². The van der Waals surface area contributed by atoms with Gasteiger partial charge in [-0.25, -0.2) is 4.79 Å². The normalized spacial score (nSPS) is 23.5. The van der Waals surface area contributed by atoms with Crippen LogP contribution in [0, 0.1) is 5.92 Å². The summed E-state index contributed by atoms with van der Waals surface area (Å²) in [6.45, 7) is 2.87. The number of amides is 2. The van der Waals surface area contributed by atoms with E-state index in [1.165, 1.54) is 0 Å². The van der Waals surface area contributed by atoms with Gasteiger partial charge in [-0.3, -0.25) is 4.79 Å². The molecule has 4 rings (SSSR count). The van der Waals surface area contributed by atoms with E-state index in [1.807, 2.05) is 67.6 Å². The maximum atomic E-state index is 12.9. The Morgan fingerprint density at radius 1 is 1.13 bits per heavy atom. The van der Waals surface area contributed by atoms with Gasteiger partial charge in [-0.2, -0.15) is 0 Å². The third-order valence-electron chi connectivity index (χ3n) is 6.04. The summed E-state index contributed by atoms with van der Waals surface area (Å²) >= 11 is 0. The molecule has 2 amide bonds. The molecule has 0 bridgehead atoms. The number of hydrogen-bond donors (Lipinski definition) is 1. The van der Waals surface area contributed by atoms with Gasteiger partial charge >= 0.3 is 6.09 Å². The Balaban J connectivity index is 1.34. The molecule has 2 unspecified atom stereocenters. The first-order chi connectivity index (χ1) is 15.0. The number of carbonyl (C=O) groups is 2. The van der Waals surface area contributed by atoms with Crippen molar-refractivity contribution < 1.29 is 24.2 Å². The van der Waals surface area contributed by atoms with Crippen molar-refractivity contribution >= 4 is 12.0 Å². The van der Waals surface area contributed by atoms with E-state index >= 15 is 0 Å². The number of aliphatic hydroxyl groups excluding tert-OH is 1. The smallest absolute Gasteiger partial charge is 0.410 e. The lowest BCUT2D eigenvalue weighted by atomic mass is 10.0. The van der Waals surface area contributed by atoms with Gasteiger partial charge in [-0.05, 0) is 24.1 Å². The number of ether oxygens (including phenoxy) is 2. The summed E-state index contributed by atoms with van der Waals surface area (Å²) in [5, 5.41) is 10.5. The second kappa shape index (κ2) is 9.39. The molecule has 1 N–H and O–H groups in total. The molecule has 2 aliphatic rings. The number of rotatable bonds is 7. The zero-order valence-corrected chi connectivity index (χ0v) is 17.6. The number of β-amino-alcohol motifs (C(OH)–C–C–N with tert-alkyl or cyclic N) is 1. The Labute approximate surface area is 182 Å². The molecule has 0 aromatic heterocycles. The highest BCUT2D eigenvalue weighted by molar-refractivity contribution is 5.84. The first-order valence-corrected chi connectivity index (χ1v) is 10.7. The molecule has 7 nitrogen and oxygen atoms in total. The topological polar surface area (TPSA) is 79.3 Å². The van der Waals surface area contributed by atoms with Crippen LogP contribution in [0.3, 0.4) is 0 Å². The first kappa shape index (κ1) is 21.2. The van der Waals surface area contributed by atoms with Crippen LogP contribution in [0.5, 0.6) is 5.75 Å². The van der Waals surface area contributed by atoms with E-state index in [2.05, 4.69) is 0 Å². The van der Waals surface area contributed by atoms with Crippen molar-refractivity contribution in [2.75, 3.05) is 19.7 Å². The van der Waals surface area contributed by atoms with Crippen LogP contribution < -0.4 is 4.74 Å². The summed E-state index contributed by atoms with van der Waals surface area (Å²) in [6, 6.07) is 18.4. The maximum absolute atomic E-state index is 12.9. The SMILES string of the molecule is C[C@@H]1C(=O)N(CC(O)COc2ccccc2)[C@H]2CCN(C(=O)OCc3ccccc3)C12. The molecule has 0 radical (unpaired) electrons. The van der Waals surface area contributed by atoms with Crippen molar-refractivity contribution in [3.05, 3.63) is 66.2 Å². The molecule has 0 spiro atoms. The molecule has 2 heterocycles. The van der Waals surface area contributed by atoms with E-state index in [4.69, 9.17) is 9.47 Å². The Bertz CT molecular complexity index is 891. The fourth-order valence-corrected chi connectivity index (χ4v) is 4.54. The number of aliphatic hydroxyl groups is 1. The Morgan fingerprint density at radius 2 is 1.81 bits per heavy atom. The molecule has 31 heavy (non-hydrogen) atoms. The number of likely N-dealkylation sites (tertiary alicyclic amines) is 2. The summed E-state index contributed by atoms with van der Waals surface area (Å²) in [6.07, 6.45) is -0.534. The molecule has 0 saturated carbocycles. The Kier molecular flexibility index (Phi) is 6.42. The molecule has 2 saturated heterocycles. The van der Waals surface area contributed by atoms with Gasteiger partial charge < -0.3 is 24.4 Å². The van der Waals surface area contributed by atoms with Crippen molar-refractivity contribution in [2.24, 2.45) is 5.92 Å². The predicted molar refractivity (Wildman–Crippen MR) is 114 cm³/mol. The average Bonchev–Trinajstić information content (AvgIpc) is 3.33. The van der Waals surface area contributed by atoms with Crippen LogP contribution in [-0.2, 0) is 16.1 Å². The van der Waals surface area contributed by atoms with Gasteiger partial charge in [0.05, 0.1) is 24.5 Å². The van der Waals surface area contributed by atoms with Gasteiger partial charge in [0.25, 0.3) is 0 Å². The number of benzene rings is 2. The van der Waals surface area contributed by atoms with E-state index in [9.17, 15) is 14.7 Å². The minimum atomic E-state index is -0.811. The van der Waals surface area contributed by atoms with Gasteiger partial charge in [-0.1, -0.05) is 55.5 Å². The van der Waals surface area contributed by atoms with Gasteiger partial charge in [-0.15, -0.1) is 0 Å². The zero-order valence-electron chi connectivity index (χ0n) is 17.6. The number of para-hydroxylation sites is 1. The highest BCUT2D eigenvalue weighted by Gasteiger charge is 2.53. The molecule has 0 aliphatic carbocycles. The lowest BCUT2D eigenvalue weighted by Crippen LogP contribution is -2.44. The van der Waals surface area contributed by atoms with Crippen LogP contribution in [0.4, 0.5) is 4.79 Å². The molecule has 4 atom stereocenters. The number of hydrogen-bond acceptors (Lipinski definition) is 5. The molecule has 2 aromatic rings. The first-order valence-electron chi connectivity index (χ1n) is 10.7. The molecule has 164 valence electrons. The summed E-state index contributed by atoms with van der Waals surface area (Å²) in [7, 11) is 0. The fraction of sp³-hybridized carbons (Fsp3) is 0.417. The fourth-order valence-electron chi connectivity index (χ4n) is 4.54. The largest absolute Gasteiger partial charge is 0.491 e. The zero-order chi connectivity index (χ0) is 21.8. The van der Waals surface area contributed by atoms with Crippen LogP contribution in [0.2, 0.25) is 0 Å². The van der Waals surface area contributed by atoms with Crippen molar-refractivity contribution in [1.29, 1.82) is 0 Å². The van der Waals surface area contributed by atoms with Crippen LogP contribution in [-0.4, -0.2) is 64.8 Å². The third-order valence-corrected chi connectivity index (χ3v) is 6.04. The second-order valence-corrected chi connectivity index (χ2v) is 8.14. The van der Waals surface area contributed by atoms with E-state index in [-0.39, 0.29) is 43.7 Å². The standard InChI is InChI=1S/C24H28N2O5/c1-17-22-21(12-13-25(22)24(29)31-15-18-8-4-2-5-9-18)26(23(17)28)14-19(27)16-30-20-10-6-3-7-11-20/h2-11,17,19,21-22,27H,12-16H2,1H3/t17-,19?,21-,22?/m0/s1. The summed E-state index contributed by atoms with van der Waals surface area (Å²) in [5.74, 6) is 0.294. The molecule has 2 aromatic carbocycles. The molecule has 7 heteroatoms. The minimum Gasteiger partial charge on any atom is -0.491 e. The highest BCUT2D eigenvalue weighted by Crippen LogP contribution is 2.36. The highest BCUT2D eigenvalue weighted by atomic mass is 16.6. The molecular formula is C24H28N2O5. The molecule has 2 fully saturated rings. The van der Waals surface area contributed by atoms with Gasteiger partial charge in [0, 0.05) is 6.54 Å². The number of carbonyl (C=O) groups excluding carboxylic acids is 2. The monoisotopic (exact) mass is 424 g/mol. The van der Waals surface area contributed by atoms with E-state index in [0.717, 1.165) is 5.56 Å². The quantitative estimate of drug-likeness (QED) is 0.739. The molecular weight excluding hydrogens is 396 g/mol. The van der Waals surface area contributed by atoms with Crippen LogP contribution >= 0.6 is 0 Å². The van der Waals surface area contributed by atoms with Gasteiger partial charge in [0.2, 0.25) is 5.91 Å². The maximum Gasteiger partial charge on any atom is 0.410 e. The summed E-state index contributed by atoms with van der Waals surface area (Å²) < 4.78 is 11.1. The Hall–Kier alpha value is -3.06. The van der Waals surface area contributed by atoms with E-state index in [0.29, 0.717) is 18.7 Å². The van der Waals surface area contributed by atoms with Gasteiger partial charge in [0.15, 0.2) is 0 Å². The lowest BCUT2D eigenvalue weighted by molar-refractivity contribution is -0.133. The lowest BCUT2D eigenvalue weighted by Gasteiger charge is -2.27. The van der Waals surface area contributed by atoms with E-state index < -0.39 is 12.2 Å². The number of nitrogens with zero attached hydrogens (tertiary/aromatic N) is 2. The van der Waals surface area contributed by atoms with Crippen molar-refractivity contribution in [3.63, 3.8) is 0 Å². The second-order valence-electron chi connectivity index (χ2n) is 8.14. The van der Waals surface area contributed by atoms with Gasteiger partial charge in [0.1, 0.15) is 25.1 Å². The third kappa shape index (κ3) is 4.66. The van der Waals surface area contributed by atoms with Crippen LogP contribution in [0.1, 0.15) is 18.9 Å². The molecule has 2 aliphatic heterocycles. The summed E-state index contributed by atoms with van der Waals surface area (Å²) in [4.78, 5) is 29.0. The predicted octanol–water partition coefficient (Wildman–Crippen LogP) is 2.68. The Morgan fingerprint density at radius 3 is 2.52 bits per heavy atom. The minimum absolute atomic E-state index is 0.0469.